The number of likely N-dealkylation sites (N-methyl/N-ethyl adjacent to an activating group) is 1. The molecule has 1 aromatic carbocycles. The third kappa shape index (κ3) is 4.24. The number of aliphatic hydroxyl groups excluding tert-OH is 2. The van der Waals surface area contributed by atoms with Crippen molar-refractivity contribution in [2.24, 2.45) is 5.73 Å². The van der Waals surface area contributed by atoms with Crippen molar-refractivity contribution in [3.8, 4) is 0 Å². The maximum Gasteiger partial charge on any atom is 0.103 e. The number of hydrogen-bond donors (Lipinski definition) is 3. The van der Waals surface area contributed by atoms with Gasteiger partial charge in [0.25, 0.3) is 0 Å². The van der Waals surface area contributed by atoms with Gasteiger partial charge >= 0.3 is 0 Å². The van der Waals surface area contributed by atoms with E-state index >= 15 is 0 Å². The van der Waals surface area contributed by atoms with Crippen molar-refractivity contribution in [2.45, 2.75) is 25.5 Å². The summed E-state index contributed by atoms with van der Waals surface area (Å²) in [6, 6.07) is 7.24. The van der Waals surface area contributed by atoms with Crippen molar-refractivity contribution in [3.05, 3.63) is 35.4 Å². The minimum atomic E-state index is -0.615. The molecular weight excluding hydrogens is 260 g/mol. The Balaban J connectivity index is 2.73. The molecule has 0 aromatic heterocycles. The van der Waals surface area contributed by atoms with Crippen LogP contribution in [0.15, 0.2) is 24.3 Å². The van der Waals surface area contributed by atoms with E-state index in [1.807, 2.05) is 37.9 Å². The molecule has 0 bridgehead atoms. The SMILES string of the molecule is CN(CC(O)c1ccc(C(N)=S)cc1)C(C)(C)CO. The van der Waals surface area contributed by atoms with E-state index in [2.05, 4.69) is 0 Å². The second-order valence-electron chi connectivity index (χ2n) is 5.35. The van der Waals surface area contributed by atoms with E-state index in [4.69, 9.17) is 18.0 Å². The zero-order valence-corrected chi connectivity index (χ0v) is 12.4. The molecule has 1 unspecified atom stereocenters. The summed E-state index contributed by atoms with van der Waals surface area (Å²) in [7, 11) is 1.88. The fourth-order valence-corrected chi connectivity index (χ4v) is 1.74. The highest BCUT2D eigenvalue weighted by molar-refractivity contribution is 7.80. The Morgan fingerprint density at radius 1 is 1.37 bits per heavy atom. The standard InChI is InChI=1S/C14H22N2O2S/c1-14(2,9-17)16(3)8-12(18)10-4-6-11(7-5-10)13(15)19/h4-7,12,17-18H,8-9H2,1-3H3,(H2,15,19). The maximum atomic E-state index is 10.2. The van der Waals surface area contributed by atoms with Crippen LogP contribution in [0.25, 0.3) is 0 Å². The van der Waals surface area contributed by atoms with Crippen molar-refractivity contribution < 1.29 is 10.2 Å². The minimum Gasteiger partial charge on any atom is -0.394 e. The van der Waals surface area contributed by atoms with Crippen LogP contribution in [0.5, 0.6) is 0 Å². The first kappa shape index (κ1) is 16.0. The lowest BCUT2D eigenvalue weighted by Gasteiger charge is -2.35. The van der Waals surface area contributed by atoms with Gasteiger partial charge in [-0.05, 0) is 26.5 Å². The number of nitrogens with zero attached hydrogens (tertiary/aromatic N) is 1. The van der Waals surface area contributed by atoms with Gasteiger partial charge in [0.1, 0.15) is 4.99 Å². The van der Waals surface area contributed by atoms with Crippen LogP contribution in [0.1, 0.15) is 31.1 Å². The highest BCUT2D eigenvalue weighted by Crippen LogP contribution is 2.19. The molecule has 0 saturated carbocycles. The molecule has 0 radical (unpaired) electrons. The van der Waals surface area contributed by atoms with Gasteiger partial charge in [0.15, 0.2) is 0 Å². The first-order chi connectivity index (χ1) is 8.77. The molecule has 0 aliphatic rings. The van der Waals surface area contributed by atoms with Crippen LogP contribution in [0.2, 0.25) is 0 Å². The van der Waals surface area contributed by atoms with Crippen LogP contribution in [0.4, 0.5) is 0 Å². The largest absolute Gasteiger partial charge is 0.394 e. The van der Waals surface area contributed by atoms with Crippen molar-refractivity contribution in [2.75, 3.05) is 20.2 Å². The Hall–Kier alpha value is -1.01. The molecule has 4 nitrogen and oxygen atoms in total. The number of thiocarbonyl (C=S) groups is 1. The summed E-state index contributed by atoms with van der Waals surface area (Å²) in [6.45, 7) is 4.34. The zero-order chi connectivity index (χ0) is 14.6. The van der Waals surface area contributed by atoms with E-state index in [9.17, 15) is 10.2 Å². The number of aliphatic hydroxyl groups is 2. The Labute approximate surface area is 119 Å². The predicted octanol–water partition coefficient (Wildman–Crippen LogP) is 1.06. The Bertz CT molecular complexity index is 432. The van der Waals surface area contributed by atoms with Crippen LogP contribution < -0.4 is 5.73 Å². The molecule has 4 N–H and O–H groups in total. The molecule has 0 fully saturated rings. The van der Waals surface area contributed by atoms with E-state index < -0.39 is 6.10 Å². The molecule has 5 heteroatoms. The van der Waals surface area contributed by atoms with Gasteiger partial charge in [-0.15, -0.1) is 0 Å². The van der Waals surface area contributed by atoms with Crippen molar-refractivity contribution >= 4 is 17.2 Å². The van der Waals surface area contributed by atoms with E-state index in [0.717, 1.165) is 11.1 Å². The third-order valence-electron chi connectivity index (χ3n) is 3.45. The van der Waals surface area contributed by atoms with Crippen molar-refractivity contribution in [3.63, 3.8) is 0 Å². The molecule has 0 heterocycles. The number of rotatable bonds is 6. The van der Waals surface area contributed by atoms with Crippen LogP contribution in [-0.2, 0) is 0 Å². The number of hydrogen-bond acceptors (Lipinski definition) is 4. The fourth-order valence-electron chi connectivity index (χ4n) is 1.60. The molecule has 0 spiro atoms. The molecule has 1 rings (SSSR count). The highest BCUT2D eigenvalue weighted by atomic mass is 32.1. The highest BCUT2D eigenvalue weighted by Gasteiger charge is 2.24. The third-order valence-corrected chi connectivity index (χ3v) is 3.68. The quantitative estimate of drug-likeness (QED) is 0.681. The average Bonchev–Trinajstić information content (AvgIpc) is 2.38. The van der Waals surface area contributed by atoms with E-state index in [1.54, 1.807) is 12.1 Å². The number of β-amino-alcohol motifs (C(OH)–C–C–N with tert-alkyl or cyclic N) is 1. The molecule has 106 valence electrons. The molecule has 19 heavy (non-hydrogen) atoms. The Kier molecular flexibility index (Phi) is 5.43. The van der Waals surface area contributed by atoms with Crippen LogP contribution in [-0.4, -0.2) is 45.8 Å². The van der Waals surface area contributed by atoms with Crippen molar-refractivity contribution in [1.29, 1.82) is 0 Å². The normalized spacial score (nSPS) is 13.6. The Morgan fingerprint density at radius 2 is 1.89 bits per heavy atom. The molecule has 0 aliphatic carbocycles. The second kappa shape index (κ2) is 6.43. The minimum absolute atomic E-state index is 0.0383. The summed E-state index contributed by atoms with van der Waals surface area (Å²) in [6.07, 6.45) is -0.615. The summed E-state index contributed by atoms with van der Waals surface area (Å²) >= 11 is 4.88. The molecule has 0 saturated heterocycles. The lowest BCUT2D eigenvalue weighted by molar-refractivity contribution is 0.0360. The van der Waals surface area contributed by atoms with Crippen LogP contribution in [0, 0.1) is 0 Å². The fraction of sp³-hybridized carbons (Fsp3) is 0.500. The summed E-state index contributed by atoms with van der Waals surface area (Å²) in [4.78, 5) is 2.28. The molecule has 1 aromatic rings. The summed E-state index contributed by atoms with van der Waals surface area (Å²) in [5, 5.41) is 19.5. The van der Waals surface area contributed by atoms with Gasteiger partial charge in [0.2, 0.25) is 0 Å². The first-order valence-electron chi connectivity index (χ1n) is 6.18. The summed E-state index contributed by atoms with van der Waals surface area (Å²) in [5.41, 5.74) is 6.76. The molecule has 1 atom stereocenters. The lowest BCUT2D eigenvalue weighted by atomic mass is 10.0. The van der Waals surface area contributed by atoms with Gasteiger partial charge in [-0.2, -0.15) is 0 Å². The Morgan fingerprint density at radius 3 is 2.32 bits per heavy atom. The van der Waals surface area contributed by atoms with Gasteiger partial charge in [-0.1, -0.05) is 36.5 Å². The predicted molar refractivity (Wildman–Crippen MR) is 81.1 cm³/mol. The monoisotopic (exact) mass is 282 g/mol. The van der Waals surface area contributed by atoms with Gasteiger partial charge < -0.3 is 15.9 Å². The van der Waals surface area contributed by atoms with E-state index in [1.165, 1.54) is 0 Å². The smallest absolute Gasteiger partial charge is 0.103 e. The summed E-state index contributed by atoms with van der Waals surface area (Å²) in [5.74, 6) is 0. The topological polar surface area (TPSA) is 69.7 Å². The van der Waals surface area contributed by atoms with Crippen molar-refractivity contribution in [1.82, 2.24) is 4.90 Å². The van der Waals surface area contributed by atoms with Crippen LogP contribution >= 0.6 is 12.2 Å². The summed E-state index contributed by atoms with van der Waals surface area (Å²) < 4.78 is 0. The average molecular weight is 282 g/mol. The van der Waals surface area contributed by atoms with Gasteiger partial charge in [0, 0.05) is 17.6 Å². The molecular formula is C14H22N2O2S. The molecule has 0 aliphatic heterocycles. The molecule has 0 amide bonds. The van der Waals surface area contributed by atoms with Gasteiger partial charge in [-0.3, -0.25) is 4.90 Å². The maximum absolute atomic E-state index is 10.2. The number of benzene rings is 1. The second-order valence-corrected chi connectivity index (χ2v) is 5.79. The first-order valence-corrected chi connectivity index (χ1v) is 6.58. The van der Waals surface area contributed by atoms with Gasteiger partial charge in [-0.25, -0.2) is 0 Å². The van der Waals surface area contributed by atoms with Crippen LogP contribution in [0.3, 0.4) is 0 Å². The van der Waals surface area contributed by atoms with E-state index in [0.29, 0.717) is 11.5 Å². The van der Waals surface area contributed by atoms with E-state index in [-0.39, 0.29) is 12.1 Å². The lowest BCUT2D eigenvalue weighted by Crippen LogP contribution is -2.46. The van der Waals surface area contributed by atoms with Gasteiger partial charge in [0.05, 0.1) is 12.7 Å². The zero-order valence-electron chi connectivity index (χ0n) is 11.6. The number of nitrogens with two attached hydrogens (primary N) is 1.